The number of nitrogens with zero attached hydrogens (tertiary/aromatic N) is 16. The first-order chi connectivity index (χ1) is 59.2. The number of thiophene rings is 4. The number of imidazole rings is 4. The zero-order chi connectivity index (χ0) is 88.4. The molecule has 0 spiro atoms. The van der Waals surface area contributed by atoms with Crippen molar-refractivity contribution in [2.45, 2.75) is 19.8 Å². The third-order valence-corrected chi connectivity index (χ3v) is 22.6. The van der Waals surface area contributed by atoms with Crippen molar-refractivity contribution in [3.05, 3.63) is 299 Å². The summed E-state index contributed by atoms with van der Waals surface area (Å²) in [5.41, 5.74) is 18.2. The predicted molar refractivity (Wildman–Crippen MR) is 491 cm³/mol. The van der Waals surface area contributed by atoms with Crippen molar-refractivity contribution in [1.82, 2.24) is 63.5 Å². The van der Waals surface area contributed by atoms with Crippen molar-refractivity contribution >= 4 is 191 Å². The van der Waals surface area contributed by atoms with Crippen LogP contribution >= 0.6 is 81.6 Å². The van der Waals surface area contributed by atoms with Crippen LogP contribution in [0.25, 0.3) is 83.2 Å². The molecular formula is C85H79Cl2Cs2F3N20O9S5. The fourth-order valence-electron chi connectivity index (χ4n) is 11.6. The van der Waals surface area contributed by atoms with Gasteiger partial charge in [-0.1, -0.05) is 72.3 Å². The van der Waals surface area contributed by atoms with Gasteiger partial charge in [0.05, 0.1) is 165 Å². The quantitative estimate of drug-likeness (QED) is 0.0216. The van der Waals surface area contributed by atoms with Gasteiger partial charge in [0.15, 0.2) is 22.6 Å². The van der Waals surface area contributed by atoms with Gasteiger partial charge in [-0.15, -0.1) is 57.8 Å². The number of halogens is 5. The smallest absolute Gasteiger partial charge is 1.00 e. The molecule has 17 rings (SSSR count). The van der Waals surface area contributed by atoms with Crippen LogP contribution in [-0.4, -0.2) is 119 Å². The Bertz CT molecular complexity index is 6510. The van der Waals surface area contributed by atoms with E-state index in [0.29, 0.717) is 18.6 Å². The largest absolute Gasteiger partial charge is 1.00 e. The molecule has 0 aliphatic carbocycles. The normalized spacial score (nSPS) is 10.2. The first kappa shape index (κ1) is 104. The fraction of sp³-hybridized carbons (Fsp3) is 0.129. The van der Waals surface area contributed by atoms with E-state index in [9.17, 15) is 43.0 Å². The minimum atomic E-state index is -1.21. The van der Waals surface area contributed by atoms with E-state index in [4.69, 9.17) is 33.9 Å². The number of ketones is 1. The molecule has 0 atom stereocenters. The molecule has 41 heteroatoms. The Morgan fingerprint density at radius 2 is 0.921 bits per heavy atom. The molecule has 12 heterocycles. The Hall–Kier alpha value is -9.53. The van der Waals surface area contributed by atoms with Gasteiger partial charge >= 0.3 is 138 Å². The summed E-state index contributed by atoms with van der Waals surface area (Å²) in [6.45, 7) is 1.42. The van der Waals surface area contributed by atoms with Gasteiger partial charge in [-0.3, -0.25) is 54.5 Å². The van der Waals surface area contributed by atoms with Gasteiger partial charge in [0, 0.05) is 129 Å². The maximum Gasteiger partial charge on any atom is 1.00 e. The number of nitrogens with two attached hydrogens (primary N) is 1. The minimum Gasteiger partial charge on any atom is -1.00 e. The SMILES string of the molecule is CC(=O)Cc1ccccc1.CN.CN(c1ccc(NC(=S)NC(=O)Cc2ccccc2)cc1)c1ccnc2cc(-c3cn(C)cn3)sc12.CN(c1ccc([N+](=O)[O-])cc1F)c1ccnc2cc(-c3cn(C)cn3)sc12.CNc1ccnc2cc(-c3cn(C)cn3)sc12.Cl.Cn1cnc(-c2cc3nccc(Cl)c3s2)c1.O=CO[O-].O=[N+]([O-])c1ccc(F)c(F)c1.[Cs+].[Cs+].[H-]. The number of carbonyl (C=O) groups excluding carboxylic acids is 3. The predicted octanol–water partition coefficient (Wildman–Crippen LogP) is 12.4. The number of fused-ring (bicyclic) bond motifs is 4. The minimum absolute atomic E-state index is 0. The molecule has 0 unspecified atom stereocenters. The Balaban J connectivity index is 0.000000243. The Labute approximate surface area is 872 Å². The number of anilines is 6. The standard InChI is InChI=1S/C27H24N6OS2.C18H14FN5O2S.C12H12N4S.C11H8ClN3S.C9H10O.C6H3F2NO2.CH5N.CH2O3.ClH.2Cs.H/c1-32-16-22(29-17-32)24-15-21-26(36-24)23(12-13-28-21)33(2)20-10-8-19(9-11-20)30-27(35)31-25(34)14-18-6-4-3-5-7-18;1-22-9-14(21-10-22)17-8-13-18(27-17)16(5-6-20-13)23(2)15-4-3-11(24(25)26)7-12(15)19;1-13-8-3-4-14-9-5-11(17-12(8)9)10-6-16(2)7-15-10;1-15-5-9(14-6-15)10-4-8-11(16-10)7(12)2-3-13-8;1-8(10)7-9-5-3-2-4-6-9;7-5-2-1-4(9(10)11)3-6(5)8;1-2;2-1-4-3;;;;/h3-13,15-17H,14H2,1-2H3,(H2,30,31,34,35);3-10H,1-2H3;3-7H,1-2H3,(H,13,14);2-6H,1H3;2-6H,7H2,1H3;1-3H;2H2,1H3;1,3H;1H;;;/q;;;;;;;;;2*+1;-1/p-1. The van der Waals surface area contributed by atoms with Crippen molar-refractivity contribution in [3.63, 3.8) is 0 Å². The van der Waals surface area contributed by atoms with Gasteiger partial charge in [-0.25, -0.2) is 33.1 Å². The zero-order valence-electron chi connectivity index (χ0n) is 70.5. The van der Waals surface area contributed by atoms with Gasteiger partial charge in [0.1, 0.15) is 5.78 Å². The summed E-state index contributed by atoms with van der Waals surface area (Å²) >= 11 is 18.0. The maximum absolute atomic E-state index is 14.4. The van der Waals surface area contributed by atoms with Crippen LogP contribution in [0.15, 0.2) is 245 Å². The van der Waals surface area contributed by atoms with Gasteiger partial charge in [0.2, 0.25) is 5.91 Å². The second-order valence-corrected chi connectivity index (χ2v) is 31.2. The summed E-state index contributed by atoms with van der Waals surface area (Å²) in [5, 5.41) is 39.3. The number of thiocarbonyl (C=S) groups is 1. The van der Waals surface area contributed by atoms with Crippen LogP contribution < -0.4 is 175 Å². The molecule has 0 fully saturated rings. The maximum atomic E-state index is 14.4. The Morgan fingerprint density at radius 3 is 1.32 bits per heavy atom. The van der Waals surface area contributed by atoms with E-state index in [2.05, 4.69) is 83.5 Å². The summed E-state index contributed by atoms with van der Waals surface area (Å²) in [6.07, 6.45) is 22.9. The number of amides is 1. The van der Waals surface area contributed by atoms with E-state index >= 15 is 0 Å². The molecule has 0 bridgehead atoms. The number of pyridine rings is 4. The molecule has 0 saturated carbocycles. The number of hydrogen-bond donors (Lipinski definition) is 4. The molecule has 126 heavy (non-hydrogen) atoms. The number of hydrogen-bond acceptors (Lipinski definition) is 26. The van der Waals surface area contributed by atoms with Gasteiger partial charge in [-0.05, 0) is 122 Å². The zero-order valence-corrected chi connectivity index (χ0v) is 87.7. The molecule has 17 aromatic rings. The van der Waals surface area contributed by atoms with Crippen LogP contribution in [0.3, 0.4) is 0 Å². The van der Waals surface area contributed by atoms with Crippen LogP contribution in [-0.2, 0) is 60.3 Å². The Kier molecular flexibility index (Phi) is 41.8. The first-order valence-corrected chi connectivity index (χ1v) is 40.7. The van der Waals surface area contributed by atoms with Crippen molar-refractivity contribution in [1.29, 1.82) is 0 Å². The van der Waals surface area contributed by atoms with Crippen LogP contribution in [0.2, 0.25) is 5.02 Å². The molecule has 0 radical (unpaired) electrons. The summed E-state index contributed by atoms with van der Waals surface area (Å²) < 4.78 is 50.7. The molecule has 12 aromatic heterocycles. The second-order valence-electron chi connectivity index (χ2n) is 26.2. The molecule has 0 aliphatic rings. The van der Waals surface area contributed by atoms with Crippen molar-refractivity contribution in [2.24, 2.45) is 33.9 Å². The number of rotatable bonds is 17. The van der Waals surface area contributed by atoms with Gasteiger partial charge < -0.3 is 61.3 Å². The number of carbonyl (C=O) groups is 3. The molecule has 29 nitrogen and oxygen atoms in total. The second kappa shape index (κ2) is 50.9. The summed E-state index contributed by atoms with van der Waals surface area (Å²) in [6, 6.07) is 48.8. The monoisotopic (exact) mass is 2080 g/mol. The van der Waals surface area contributed by atoms with Crippen molar-refractivity contribution in [2.75, 3.05) is 48.6 Å². The summed E-state index contributed by atoms with van der Waals surface area (Å²) in [7, 11) is 15.0. The number of nitro groups is 2. The topological polar surface area (TPSA) is 361 Å². The van der Waals surface area contributed by atoms with E-state index in [1.54, 1.807) is 90.3 Å². The Morgan fingerprint density at radius 1 is 0.532 bits per heavy atom. The molecule has 5 N–H and O–H groups in total. The van der Waals surface area contributed by atoms with E-state index in [0.717, 1.165) is 135 Å². The fourth-order valence-corrected chi connectivity index (χ4v) is 16.4. The van der Waals surface area contributed by atoms with Crippen LogP contribution in [0.1, 0.15) is 19.5 Å². The van der Waals surface area contributed by atoms with E-state index in [1.165, 1.54) is 35.2 Å². The molecule has 640 valence electrons. The third-order valence-electron chi connectivity index (χ3n) is 17.3. The molecule has 5 aromatic carbocycles. The molecule has 0 aliphatic heterocycles. The summed E-state index contributed by atoms with van der Waals surface area (Å²) in [5.74, 6) is -2.89. The number of Topliss-reactive ketones (excluding diaryl/α,β-unsaturated/α-hetero) is 1. The van der Waals surface area contributed by atoms with Crippen molar-refractivity contribution < 1.29 is 187 Å². The third kappa shape index (κ3) is 29.0. The van der Waals surface area contributed by atoms with E-state index in [-0.39, 0.29) is 193 Å². The molecule has 1 amide bonds. The van der Waals surface area contributed by atoms with E-state index < -0.39 is 33.0 Å². The van der Waals surface area contributed by atoms with Gasteiger partial charge in [-0.2, -0.15) is 0 Å². The average Bonchev–Trinajstić information content (AvgIpc) is 1.45. The van der Waals surface area contributed by atoms with Crippen LogP contribution in [0, 0.1) is 37.7 Å². The van der Waals surface area contributed by atoms with Crippen molar-refractivity contribution in [3.8, 4) is 42.3 Å². The number of non-ortho nitro benzene ring substituents is 2. The number of nitro benzene ring substituents is 2. The van der Waals surface area contributed by atoms with E-state index in [1.807, 2.05) is 219 Å². The number of benzene rings is 5. The molecule has 0 saturated heterocycles. The van der Waals surface area contributed by atoms with Gasteiger partial charge in [0.25, 0.3) is 17.8 Å². The first-order valence-electron chi connectivity index (χ1n) is 36.6. The number of nitrogens with one attached hydrogen (secondary N) is 3. The summed E-state index contributed by atoms with van der Waals surface area (Å²) in [4.78, 5) is 96.7. The average molecular weight is 2080 g/mol. The number of aryl methyl sites for hydroxylation is 4. The van der Waals surface area contributed by atoms with Crippen LogP contribution in [0.4, 0.5) is 58.7 Å². The van der Waals surface area contributed by atoms with Crippen LogP contribution in [0.5, 0.6) is 0 Å². The molecular weight excluding hydrogens is 2000 g/mol. The number of aromatic nitrogens is 12.